The van der Waals surface area contributed by atoms with E-state index >= 15 is 0 Å². The smallest absolute Gasteiger partial charge is 0.409 e. The second-order valence-electron chi connectivity index (χ2n) is 9.68. The number of sulfonamides is 1. The number of ether oxygens (including phenoxy) is 1. The lowest BCUT2D eigenvalue weighted by molar-refractivity contribution is -0.133. The van der Waals surface area contributed by atoms with Crippen LogP contribution in [0.5, 0.6) is 0 Å². The minimum Gasteiger partial charge on any atom is -0.450 e. The van der Waals surface area contributed by atoms with Crippen molar-refractivity contribution in [3.8, 4) is 0 Å². The molecule has 0 saturated carbocycles. The quantitative estimate of drug-likeness (QED) is 0.567. The number of carbonyl (C=O) groups excluding carboxylic acids is 2. The van der Waals surface area contributed by atoms with E-state index in [2.05, 4.69) is 4.98 Å². The first-order valence-corrected chi connectivity index (χ1v) is 14.5. The van der Waals surface area contributed by atoms with E-state index in [-0.39, 0.29) is 41.2 Å². The molecule has 0 spiro atoms. The second kappa shape index (κ2) is 10.5. The summed E-state index contributed by atoms with van der Waals surface area (Å²) in [6.07, 6.45) is 1.85. The molecule has 36 heavy (non-hydrogen) atoms. The molecule has 2 amide bonds. The molecule has 2 atom stereocenters. The van der Waals surface area contributed by atoms with Gasteiger partial charge in [-0.2, -0.15) is 4.31 Å². The van der Waals surface area contributed by atoms with Crippen LogP contribution in [-0.2, 0) is 26.1 Å². The topological polar surface area (TPSA) is 122 Å². The lowest BCUT2D eigenvalue weighted by Gasteiger charge is -2.34. The predicted octanol–water partition coefficient (Wildman–Crippen LogP) is 1.73. The molecule has 2 saturated heterocycles. The Morgan fingerprint density at radius 2 is 1.72 bits per heavy atom. The Bertz CT molecular complexity index is 1300. The molecule has 4 rings (SSSR count). The maximum atomic E-state index is 13.7. The molecule has 2 aromatic heterocycles. The highest BCUT2D eigenvalue weighted by molar-refractivity contribution is 7.89. The number of aromatic nitrogens is 2. The minimum atomic E-state index is -3.90. The number of carbonyl (C=O) groups is 2. The SMILES string of the molecule is CCOC(=O)N1CCN(C(=O)Cn2cnc3sc(C)c(S(=O)(=O)N4C[C@H](C)C[C@@H](C)C4)c3c2=O)CC1. The number of nitrogens with zero attached hydrogens (tertiary/aromatic N) is 5. The molecule has 0 N–H and O–H groups in total. The van der Waals surface area contributed by atoms with E-state index < -0.39 is 21.7 Å². The van der Waals surface area contributed by atoms with Crippen molar-refractivity contribution < 1.29 is 22.7 Å². The van der Waals surface area contributed by atoms with Crippen LogP contribution in [0.3, 0.4) is 0 Å². The van der Waals surface area contributed by atoms with Gasteiger partial charge in [-0.15, -0.1) is 11.3 Å². The van der Waals surface area contributed by atoms with Gasteiger partial charge in [0, 0.05) is 44.1 Å². The Kier molecular flexibility index (Phi) is 7.72. The number of aryl methyl sites for hydroxylation is 1. The van der Waals surface area contributed by atoms with Crippen molar-refractivity contribution >= 4 is 43.6 Å². The van der Waals surface area contributed by atoms with Gasteiger partial charge in [-0.3, -0.25) is 14.2 Å². The summed E-state index contributed by atoms with van der Waals surface area (Å²) < 4.78 is 35.0. The van der Waals surface area contributed by atoms with Gasteiger partial charge in [0.05, 0.1) is 18.3 Å². The van der Waals surface area contributed by atoms with Crippen LogP contribution in [-0.4, -0.2) is 89.9 Å². The normalized spacial score (nSPS) is 21.7. The highest BCUT2D eigenvalue weighted by Gasteiger charge is 2.36. The Morgan fingerprint density at radius 1 is 1.11 bits per heavy atom. The van der Waals surface area contributed by atoms with Crippen LogP contribution in [0.25, 0.3) is 10.2 Å². The summed E-state index contributed by atoms with van der Waals surface area (Å²) in [5, 5.41) is 0.0470. The zero-order valence-electron chi connectivity index (χ0n) is 21.1. The maximum absolute atomic E-state index is 13.7. The molecule has 198 valence electrons. The van der Waals surface area contributed by atoms with Gasteiger partial charge in [0.2, 0.25) is 15.9 Å². The van der Waals surface area contributed by atoms with Crippen LogP contribution in [0.15, 0.2) is 16.0 Å². The maximum Gasteiger partial charge on any atom is 0.409 e. The van der Waals surface area contributed by atoms with Crippen LogP contribution < -0.4 is 5.56 Å². The average molecular weight is 540 g/mol. The van der Waals surface area contributed by atoms with Crippen molar-refractivity contribution in [1.29, 1.82) is 0 Å². The zero-order chi connectivity index (χ0) is 26.2. The summed E-state index contributed by atoms with van der Waals surface area (Å²) in [7, 11) is -3.90. The van der Waals surface area contributed by atoms with Crippen LogP contribution in [0.2, 0.25) is 0 Å². The van der Waals surface area contributed by atoms with Crippen molar-refractivity contribution in [2.75, 3.05) is 45.9 Å². The number of piperazine rings is 1. The molecule has 0 aliphatic carbocycles. The summed E-state index contributed by atoms with van der Waals surface area (Å²) in [5.41, 5.74) is -0.542. The van der Waals surface area contributed by atoms with Crippen molar-refractivity contribution in [3.05, 3.63) is 21.6 Å². The summed E-state index contributed by atoms with van der Waals surface area (Å²) in [6.45, 7) is 9.67. The highest BCUT2D eigenvalue weighted by atomic mass is 32.2. The van der Waals surface area contributed by atoms with Crippen molar-refractivity contribution in [2.45, 2.75) is 45.6 Å². The first-order chi connectivity index (χ1) is 17.0. The monoisotopic (exact) mass is 539 g/mol. The third kappa shape index (κ3) is 5.14. The minimum absolute atomic E-state index is 0.00569. The number of thiophene rings is 1. The first kappa shape index (κ1) is 26.6. The lowest BCUT2D eigenvalue weighted by atomic mass is 9.94. The van der Waals surface area contributed by atoms with Crippen LogP contribution in [0.4, 0.5) is 4.79 Å². The van der Waals surface area contributed by atoms with Gasteiger partial charge in [-0.1, -0.05) is 13.8 Å². The fourth-order valence-electron chi connectivity index (χ4n) is 5.07. The molecule has 2 aliphatic heterocycles. The Morgan fingerprint density at radius 3 is 2.33 bits per heavy atom. The molecular formula is C23H33N5O6S2. The van der Waals surface area contributed by atoms with Gasteiger partial charge in [0.1, 0.15) is 16.3 Å². The van der Waals surface area contributed by atoms with Gasteiger partial charge in [0.25, 0.3) is 5.56 Å². The average Bonchev–Trinajstić information content (AvgIpc) is 3.18. The summed E-state index contributed by atoms with van der Waals surface area (Å²) in [6, 6.07) is 0. The predicted molar refractivity (Wildman–Crippen MR) is 135 cm³/mol. The molecule has 0 radical (unpaired) electrons. The fourth-order valence-corrected chi connectivity index (χ4v) is 8.41. The van der Waals surface area contributed by atoms with Gasteiger partial charge >= 0.3 is 6.09 Å². The second-order valence-corrected chi connectivity index (χ2v) is 12.8. The highest BCUT2D eigenvalue weighted by Crippen LogP contribution is 2.35. The number of rotatable bonds is 5. The van der Waals surface area contributed by atoms with Crippen molar-refractivity contribution in [3.63, 3.8) is 0 Å². The Hall–Kier alpha value is -2.51. The molecule has 0 bridgehead atoms. The van der Waals surface area contributed by atoms with Gasteiger partial charge in [-0.05, 0) is 32.1 Å². The standard InChI is InChI=1S/C23H33N5O6S2/c1-5-34-23(31)26-8-6-25(7-9-26)18(29)13-27-14-24-21-19(22(27)30)20(17(4)35-21)36(32,33)28-11-15(2)10-16(3)12-28/h14-16H,5-13H2,1-4H3/t15-,16-/m1/s1. The molecule has 2 fully saturated rings. The molecule has 0 unspecified atom stereocenters. The Balaban J connectivity index is 1.58. The molecule has 2 aromatic rings. The number of hydrogen-bond donors (Lipinski definition) is 0. The molecule has 11 nitrogen and oxygen atoms in total. The van der Waals surface area contributed by atoms with E-state index in [1.807, 2.05) is 13.8 Å². The summed E-state index contributed by atoms with van der Waals surface area (Å²) in [4.78, 5) is 46.6. The van der Waals surface area contributed by atoms with E-state index in [1.54, 1.807) is 23.6 Å². The molecule has 4 heterocycles. The third-order valence-corrected chi connectivity index (χ3v) is 9.84. The molecule has 13 heteroatoms. The third-order valence-electron chi connectivity index (χ3n) is 6.70. The zero-order valence-corrected chi connectivity index (χ0v) is 22.7. The largest absolute Gasteiger partial charge is 0.450 e. The van der Waals surface area contributed by atoms with Gasteiger partial charge in [0.15, 0.2) is 0 Å². The molecule has 0 aromatic carbocycles. The molecular weight excluding hydrogens is 506 g/mol. The van der Waals surface area contributed by atoms with Crippen LogP contribution in [0, 0.1) is 18.8 Å². The Labute approximate surface area is 214 Å². The number of piperidine rings is 1. The molecule has 2 aliphatic rings. The number of amides is 2. The lowest BCUT2D eigenvalue weighted by Crippen LogP contribution is -2.51. The van der Waals surface area contributed by atoms with E-state index in [9.17, 15) is 22.8 Å². The van der Waals surface area contributed by atoms with Gasteiger partial charge < -0.3 is 14.5 Å². The van der Waals surface area contributed by atoms with E-state index in [4.69, 9.17) is 4.74 Å². The van der Waals surface area contributed by atoms with Crippen LogP contribution in [0.1, 0.15) is 32.1 Å². The summed E-state index contributed by atoms with van der Waals surface area (Å²) in [5.74, 6) is 0.160. The van der Waals surface area contributed by atoms with Gasteiger partial charge in [-0.25, -0.2) is 18.2 Å². The first-order valence-electron chi connectivity index (χ1n) is 12.2. The number of hydrogen-bond acceptors (Lipinski definition) is 8. The summed E-state index contributed by atoms with van der Waals surface area (Å²) >= 11 is 1.17. The van der Waals surface area contributed by atoms with Crippen LogP contribution >= 0.6 is 11.3 Å². The van der Waals surface area contributed by atoms with E-state index in [1.165, 1.54) is 26.5 Å². The van der Waals surface area contributed by atoms with E-state index in [0.717, 1.165) is 6.42 Å². The fraction of sp³-hybridized carbons (Fsp3) is 0.652. The van der Waals surface area contributed by atoms with Crippen molar-refractivity contribution in [2.24, 2.45) is 11.8 Å². The van der Waals surface area contributed by atoms with E-state index in [0.29, 0.717) is 49.0 Å². The van der Waals surface area contributed by atoms with Crippen molar-refractivity contribution in [1.82, 2.24) is 23.7 Å². The number of fused-ring (bicyclic) bond motifs is 1.